The van der Waals surface area contributed by atoms with Gasteiger partial charge in [-0.25, -0.2) is 13.1 Å². The minimum absolute atomic E-state index is 0.0320. The molecule has 0 aromatic heterocycles. The first-order valence-electron chi connectivity index (χ1n) is 5.34. The van der Waals surface area contributed by atoms with Crippen molar-refractivity contribution >= 4 is 21.8 Å². The van der Waals surface area contributed by atoms with Gasteiger partial charge in [0, 0.05) is 19.4 Å². The Bertz CT molecular complexity index is 363. The molecular weight excluding hydrogens is 246 g/mol. The first kappa shape index (κ1) is 16.1. The van der Waals surface area contributed by atoms with E-state index >= 15 is 0 Å². The molecule has 0 aromatic rings. The van der Waals surface area contributed by atoms with E-state index in [0.717, 1.165) is 6.26 Å². The highest BCUT2D eigenvalue weighted by Gasteiger charge is 2.11. The Morgan fingerprint density at radius 2 is 1.88 bits per heavy atom. The third-order valence-corrected chi connectivity index (χ3v) is 2.57. The van der Waals surface area contributed by atoms with Gasteiger partial charge in [0.1, 0.15) is 11.9 Å². The van der Waals surface area contributed by atoms with Gasteiger partial charge in [-0.3, -0.25) is 4.79 Å². The summed E-state index contributed by atoms with van der Waals surface area (Å²) in [5, 5.41) is 0. The van der Waals surface area contributed by atoms with Crippen LogP contribution in [-0.4, -0.2) is 39.1 Å². The second-order valence-corrected chi connectivity index (χ2v) is 5.81. The highest BCUT2D eigenvalue weighted by molar-refractivity contribution is 7.88. The van der Waals surface area contributed by atoms with Crippen LogP contribution in [0.3, 0.4) is 0 Å². The van der Waals surface area contributed by atoms with Crippen molar-refractivity contribution in [2.45, 2.75) is 39.2 Å². The number of nitrogens with one attached hydrogen (secondary N) is 1. The molecule has 0 saturated heterocycles. The third kappa shape index (κ3) is 11.3. The molecule has 0 aliphatic carbocycles. The number of carbonyl (C=O) groups is 2. The number of carbonyl (C=O) groups excluding carboxylic acids is 2. The molecule has 0 aromatic carbocycles. The molecule has 0 amide bonds. The van der Waals surface area contributed by atoms with E-state index in [9.17, 15) is 18.0 Å². The number of Topliss-reactive ketones (excluding diaryl/α,β-unsaturated/α-hetero) is 1. The minimum Gasteiger partial charge on any atom is -0.461 e. The molecule has 17 heavy (non-hydrogen) atoms. The number of ether oxygens (including phenoxy) is 1. The summed E-state index contributed by atoms with van der Waals surface area (Å²) in [6.07, 6.45) is 1.50. The van der Waals surface area contributed by atoms with Crippen LogP contribution in [0.15, 0.2) is 0 Å². The molecule has 7 heteroatoms. The Kier molecular flexibility index (Phi) is 6.98. The van der Waals surface area contributed by atoms with Crippen molar-refractivity contribution in [3.63, 3.8) is 0 Å². The zero-order valence-electron chi connectivity index (χ0n) is 10.4. The molecule has 1 atom stereocenters. The number of hydrogen-bond donors (Lipinski definition) is 1. The minimum atomic E-state index is -3.27. The van der Waals surface area contributed by atoms with Gasteiger partial charge in [-0.2, -0.15) is 0 Å². The Labute approximate surface area is 102 Å². The number of ketones is 1. The van der Waals surface area contributed by atoms with Gasteiger partial charge < -0.3 is 9.53 Å². The lowest BCUT2D eigenvalue weighted by molar-refractivity contribution is -0.148. The molecule has 1 unspecified atom stereocenters. The standard InChI is InChI=1S/C10H19NO5S/c1-8(12)5-4-6-10(13)16-9(2)7-11-17(3,14)15/h9,11H,4-7H2,1-3H3. The lowest BCUT2D eigenvalue weighted by Gasteiger charge is -2.13. The van der Waals surface area contributed by atoms with Gasteiger partial charge in [0.05, 0.1) is 6.26 Å². The van der Waals surface area contributed by atoms with Crippen LogP contribution in [0.25, 0.3) is 0 Å². The second-order valence-electron chi connectivity index (χ2n) is 3.98. The number of sulfonamides is 1. The summed E-state index contributed by atoms with van der Waals surface area (Å²) >= 11 is 0. The SMILES string of the molecule is CC(=O)CCCC(=O)OC(C)CNS(C)(=O)=O. The first-order valence-corrected chi connectivity index (χ1v) is 7.23. The van der Waals surface area contributed by atoms with Gasteiger partial charge >= 0.3 is 5.97 Å². The van der Waals surface area contributed by atoms with Crippen LogP contribution in [0.2, 0.25) is 0 Å². The van der Waals surface area contributed by atoms with Gasteiger partial charge in [0.15, 0.2) is 0 Å². The van der Waals surface area contributed by atoms with E-state index in [4.69, 9.17) is 4.74 Å². The number of esters is 1. The predicted molar refractivity (Wildman–Crippen MR) is 62.9 cm³/mol. The third-order valence-electron chi connectivity index (χ3n) is 1.88. The lowest BCUT2D eigenvalue weighted by Crippen LogP contribution is -2.32. The molecular formula is C10H19NO5S. The van der Waals surface area contributed by atoms with E-state index in [1.807, 2.05) is 0 Å². The Balaban J connectivity index is 3.77. The number of hydrogen-bond acceptors (Lipinski definition) is 5. The average Bonchev–Trinajstić information content (AvgIpc) is 2.13. The largest absolute Gasteiger partial charge is 0.461 e. The van der Waals surface area contributed by atoms with Crippen molar-refractivity contribution in [1.29, 1.82) is 0 Å². The smallest absolute Gasteiger partial charge is 0.306 e. The first-order chi connectivity index (χ1) is 7.70. The molecule has 100 valence electrons. The molecule has 0 radical (unpaired) electrons. The van der Waals surface area contributed by atoms with E-state index in [0.29, 0.717) is 12.8 Å². The average molecular weight is 265 g/mol. The van der Waals surface area contributed by atoms with Crippen LogP contribution >= 0.6 is 0 Å². The molecule has 0 rings (SSSR count). The highest BCUT2D eigenvalue weighted by Crippen LogP contribution is 2.01. The van der Waals surface area contributed by atoms with Crippen LogP contribution in [0.5, 0.6) is 0 Å². The molecule has 0 aliphatic heterocycles. The lowest BCUT2D eigenvalue weighted by atomic mass is 10.2. The van der Waals surface area contributed by atoms with Crippen LogP contribution in [0.1, 0.15) is 33.1 Å². The number of rotatable bonds is 8. The maximum atomic E-state index is 11.2. The van der Waals surface area contributed by atoms with Gasteiger partial charge in [0.25, 0.3) is 0 Å². The van der Waals surface area contributed by atoms with Gasteiger partial charge in [-0.05, 0) is 20.3 Å². The Morgan fingerprint density at radius 3 is 2.35 bits per heavy atom. The molecule has 0 saturated carbocycles. The van der Waals surface area contributed by atoms with Crippen molar-refractivity contribution < 1.29 is 22.7 Å². The van der Waals surface area contributed by atoms with E-state index in [1.165, 1.54) is 6.92 Å². The Morgan fingerprint density at radius 1 is 1.29 bits per heavy atom. The fraction of sp³-hybridized carbons (Fsp3) is 0.800. The summed E-state index contributed by atoms with van der Waals surface area (Å²) < 4.78 is 28.8. The summed E-state index contributed by atoms with van der Waals surface area (Å²) in [7, 11) is -3.27. The summed E-state index contributed by atoms with van der Waals surface area (Å²) in [5.41, 5.74) is 0. The fourth-order valence-electron chi connectivity index (χ4n) is 1.08. The molecule has 1 N–H and O–H groups in total. The van der Waals surface area contributed by atoms with Crippen LogP contribution in [-0.2, 0) is 24.3 Å². The van der Waals surface area contributed by atoms with Crippen LogP contribution in [0, 0.1) is 0 Å². The summed E-state index contributed by atoms with van der Waals surface area (Å²) in [6, 6.07) is 0. The molecule has 0 bridgehead atoms. The highest BCUT2D eigenvalue weighted by atomic mass is 32.2. The summed E-state index contributed by atoms with van der Waals surface area (Å²) in [6.45, 7) is 3.11. The van der Waals surface area contributed by atoms with E-state index < -0.39 is 22.1 Å². The van der Waals surface area contributed by atoms with Crippen molar-refractivity contribution in [3.05, 3.63) is 0 Å². The van der Waals surface area contributed by atoms with Crippen molar-refractivity contribution in [3.8, 4) is 0 Å². The van der Waals surface area contributed by atoms with E-state index in [2.05, 4.69) is 4.72 Å². The van der Waals surface area contributed by atoms with Crippen molar-refractivity contribution in [1.82, 2.24) is 4.72 Å². The van der Waals surface area contributed by atoms with E-state index in [1.54, 1.807) is 6.92 Å². The summed E-state index contributed by atoms with van der Waals surface area (Å²) in [5.74, 6) is -0.390. The van der Waals surface area contributed by atoms with Crippen LogP contribution < -0.4 is 4.72 Å². The van der Waals surface area contributed by atoms with Gasteiger partial charge in [-0.1, -0.05) is 0 Å². The zero-order chi connectivity index (χ0) is 13.5. The molecule has 0 heterocycles. The quantitative estimate of drug-likeness (QED) is 0.634. The topological polar surface area (TPSA) is 89.5 Å². The monoisotopic (exact) mass is 265 g/mol. The molecule has 0 spiro atoms. The molecule has 0 aliphatic rings. The predicted octanol–water partition coefficient (Wildman–Crippen LogP) is 0.227. The molecule has 6 nitrogen and oxygen atoms in total. The van der Waals surface area contributed by atoms with Crippen molar-refractivity contribution in [2.75, 3.05) is 12.8 Å². The van der Waals surface area contributed by atoms with Gasteiger partial charge in [0.2, 0.25) is 10.0 Å². The fourth-order valence-corrected chi connectivity index (χ4v) is 1.61. The second kappa shape index (κ2) is 7.39. The maximum Gasteiger partial charge on any atom is 0.306 e. The zero-order valence-corrected chi connectivity index (χ0v) is 11.2. The normalized spacial score (nSPS) is 13.1. The van der Waals surface area contributed by atoms with Crippen LogP contribution in [0.4, 0.5) is 0 Å². The molecule has 0 fully saturated rings. The summed E-state index contributed by atoms with van der Waals surface area (Å²) in [4.78, 5) is 21.9. The van der Waals surface area contributed by atoms with E-state index in [-0.39, 0.29) is 18.7 Å². The maximum absolute atomic E-state index is 11.2. The van der Waals surface area contributed by atoms with Gasteiger partial charge in [-0.15, -0.1) is 0 Å². The van der Waals surface area contributed by atoms with Crippen molar-refractivity contribution in [2.24, 2.45) is 0 Å². The Hall–Kier alpha value is -0.950.